The normalized spacial score (nSPS) is 12.2. The molecule has 0 aliphatic rings. The van der Waals surface area contributed by atoms with Crippen molar-refractivity contribution in [3.63, 3.8) is 0 Å². The highest BCUT2D eigenvalue weighted by Crippen LogP contribution is 2.31. The quantitative estimate of drug-likeness (QED) is 0.685. The second-order valence-corrected chi connectivity index (χ2v) is 4.00. The third-order valence-corrected chi connectivity index (χ3v) is 2.63. The topological polar surface area (TPSA) is 56.5 Å². The maximum Gasteiger partial charge on any atom is 0.387 e. The van der Waals surface area contributed by atoms with Crippen molar-refractivity contribution in [3.05, 3.63) is 36.4 Å². The number of ether oxygens (including phenoxy) is 2. The van der Waals surface area contributed by atoms with Crippen molar-refractivity contribution in [2.24, 2.45) is 5.73 Å². The van der Waals surface area contributed by atoms with Crippen LogP contribution in [-0.4, -0.2) is 26.3 Å². The van der Waals surface area contributed by atoms with Crippen LogP contribution in [0.1, 0.15) is 18.5 Å². The van der Waals surface area contributed by atoms with Gasteiger partial charge in [0, 0.05) is 19.1 Å². The predicted molar refractivity (Wildman–Crippen MR) is 74.2 cm³/mol. The standard InChI is InChI=1S/C14H20F2N2O2/c1-3-7-18-11(9-17)10-5-6-12(20-14(15)16)13(8-10)19-4-2/h3,5-6,8,11,14,18H,1,4,7,9,17H2,2H3. The van der Waals surface area contributed by atoms with Gasteiger partial charge in [-0.3, -0.25) is 0 Å². The lowest BCUT2D eigenvalue weighted by molar-refractivity contribution is -0.0514. The Kier molecular flexibility index (Phi) is 6.97. The van der Waals surface area contributed by atoms with Gasteiger partial charge in [-0.1, -0.05) is 12.1 Å². The lowest BCUT2D eigenvalue weighted by Crippen LogP contribution is -2.28. The van der Waals surface area contributed by atoms with Gasteiger partial charge in [0.25, 0.3) is 0 Å². The van der Waals surface area contributed by atoms with Crippen LogP contribution in [0.15, 0.2) is 30.9 Å². The number of hydrogen-bond acceptors (Lipinski definition) is 4. The SMILES string of the molecule is C=CCNC(CN)c1ccc(OC(F)F)c(OCC)c1. The summed E-state index contributed by atoms with van der Waals surface area (Å²) < 4.78 is 34.4. The summed E-state index contributed by atoms with van der Waals surface area (Å²) in [5.41, 5.74) is 6.55. The number of halogens is 2. The van der Waals surface area contributed by atoms with Crippen molar-refractivity contribution in [3.8, 4) is 11.5 Å². The summed E-state index contributed by atoms with van der Waals surface area (Å²) >= 11 is 0. The van der Waals surface area contributed by atoms with E-state index in [-0.39, 0.29) is 17.5 Å². The molecular formula is C14H20F2N2O2. The number of hydrogen-bond donors (Lipinski definition) is 2. The molecule has 0 bridgehead atoms. The summed E-state index contributed by atoms with van der Waals surface area (Å²) in [6.45, 7) is 3.84. The highest BCUT2D eigenvalue weighted by Gasteiger charge is 2.15. The van der Waals surface area contributed by atoms with Crippen LogP contribution in [-0.2, 0) is 0 Å². The second kappa shape index (κ2) is 8.50. The van der Waals surface area contributed by atoms with Gasteiger partial charge in [0.1, 0.15) is 0 Å². The minimum atomic E-state index is -2.88. The van der Waals surface area contributed by atoms with Crippen molar-refractivity contribution in [1.29, 1.82) is 0 Å². The number of benzene rings is 1. The van der Waals surface area contributed by atoms with Crippen LogP contribution in [0, 0.1) is 0 Å². The number of rotatable bonds is 9. The van der Waals surface area contributed by atoms with Crippen molar-refractivity contribution in [2.45, 2.75) is 19.6 Å². The molecule has 4 nitrogen and oxygen atoms in total. The van der Waals surface area contributed by atoms with Crippen LogP contribution >= 0.6 is 0 Å². The summed E-state index contributed by atoms with van der Waals surface area (Å²) in [6, 6.07) is 4.71. The molecule has 3 N–H and O–H groups in total. The Hall–Kier alpha value is -1.66. The molecule has 0 fully saturated rings. The van der Waals surface area contributed by atoms with Crippen molar-refractivity contribution >= 4 is 0 Å². The van der Waals surface area contributed by atoms with Gasteiger partial charge < -0.3 is 20.5 Å². The number of nitrogens with two attached hydrogens (primary N) is 1. The van der Waals surface area contributed by atoms with Gasteiger partial charge in [-0.25, -0.2) is 0 Å². The minimum absolute atomic E-state index is 0.0186. The van der Waals surface area contributed by atoms with E-state index in [1.807, 2.05) is 0 Å². The van der Waals surface area contributed by atoms with Gasteiger partial charge in [0.2, 0.25) is 0 Å². The molecule has 112 valence electrons. The van der Waals surface area contributed by atoms with Crippen molar-refractivity contribution in [2.75, 3.05) is 19.7 Å². The average molecular weight is 286 g/mol. The Balaban J connectivity index is 2.97. The van der Waals surface area contributed by atoms with E-state index < -0.39 is 6.61 Å². The van der Waals surface area contributed by atoms with E-state index in [0.717, 1.165) is 5.56 Å². The van der Waals surface area contributed by atoms with Crippen LogP contribution in [0.4, 0.5) is 8.78 Å². The van der Waals surface area contributed by atoms with E-state index >= 15 is 0 Å². The number of nitrogens with one attached hydrogen (secondary N) is 1. The lowest BCUT2D eigenvalue weighted by atomic mass is 10.1. The first kappa shape index (κ1) is 16.4. The van der Waals surface area contributed by atoms with Gasteiger partial charge in [-0.2, -0.15) is 8.78 Å². The molecule has 0 aromatic heterocycles. The van der Waals surface area contributed by atoms with E-state index in [2.05, 4.69) is 16.6 Å². The molecule has 0 saturated carbocycles. The molecule has 6 heteroatoms. The molecular weight excluding hydrogens is 266 g/mol. The first-order chi connectivity index (χ1) is 9.62. The Morgan fingerprint density at radius 3 is 2.70 bits per heavy atom. The Morgan fingerprint density at radius 1 is 1.40 bits per heavy atom. The fraction of sp³-hybridized carbons (Fsp3) is 0.429. The molecule has 20 heavy (non-hydrogen) atoms. The van der Waals surface area contributed by atoms with Gasteiger partial charge in [-0.15, -0.1) is 6.58 Å². The summed E-state index contributed by atoms with van der Waals surface area (Å²) in [5.74, 6) is 0.300. The first-order valence-corrected chi connectivity index (χ1v) is 6.38. The largest absolute Gasteiger partial charge is 0.490 e. The molecule has 0 aliphatic heterocycles. The molecule has 0 aliphatic carbocycles. The predicted octanol–water partition coefficient (Wildman–Crippen LogP) is 2.46. The highest BCUT2D eigenvalue weighted by molar-refractivity contribution is 5.44. The first-order valence-electron chi connectivity index (χ1n) is 6.38. The van der Waals surface area contributed by atoms with Gasteiger partial charge in [-0.05, 0) is 24.6 Å². The Morgan fingerprint density at radius 2 is 2.15 bits per heavy atom. The third kappa shape index (κ3) is 4.79. The third-order valence-electron chi connectivity index (χ3n) is 2.63. The van der Waals surface area contributed by atoms with Crippen LogP contribution in [0.2, 0.25) is 0 Å². The molecule has 0 amide bonds. The zero-order valence-corrected chi connectivity index (χ0v) is 11.4. The zero-order valence-electron chi connectivity index (χ0n) is 11.4. The lowest BCUT2D eigenvalue weighted by Gasteiger charge is -2.19. The van der Waals surface area contributed by atoms with Crippen LogP contribution in [0.25, 0.3) is 0 Å². The molecule has 0 heterocycles. The molecule has 0 radical (unpaired) electrons. The van der Waals surface area contributed by atoms with E-state index in [1.165, 1.54) is 6.07 Å². The van der Waals surface area contributed by atoms with Gasteiger partial charge in [0.05, 0.1) is 6.61 Å². The van der Waals surface area contributed by atoms with Crippen LogP contribution < -0.4 is 20.5 Å². The highest BCUT2D eigenvalue weighted by atomic mass is 19.3. The molecule has 1 atom stereocenters. The van der Waals surface area contributed by atoms with Crippen molar-refractivity contribution < 1.29 is 18.3 Å². The van der Waals surface area contributed by atoms with E-state index in [9.17, 15) is 8.78 Å². The Labute approximate surface area is 117 Å². The van der Waals surface area contributed by atoms with Crippen molar-refractivity contribution in [1.82, 2.24) is 5.32 Å². The second-order valence-electron chi connectivity index (χ2n) is 4.00. The molecule has 0 saturated heterocycles. The van der Waals surface area contributed by atoms with E-state index in [1.54, 1.807) is 25.1 Å². The molecule has 1 aromatic carbocycles. The Bertz CT molecular complexity index is 428. The summed E-state index contributed by atoms with van der Waals surface area (Å²) in [4.78, 5) is 0. The van der Waals surface area contributed by atoms with E-state index in [0.29, 0.717) is 19.7 Å². The molecule has 1 rings (SSSR count). The summed E-state index contributed by atoms with van der Waals surface area (Å²) in [7, 11) is 0. The van der Waals surface area contributed by atoms with E-state index in [4.69, 9.17) is 10.5 Å². The molecule has 1 aromatic rings. The average Bonchev–Trinajstić information content (AvgIpc) is 2.42. The smallest absolute Gasteiger partial charge is 0.387 e. The van der Waals surface area contributed by atoms with Crippen LogP contribution in [0.5, 0.6) is 11.5 Å². The minimum Gasteiger partial charge on any atom is -0.490 e. The summed E-state index contributed by atoms with van der Waals surface area (Å²) in [6.07, 6.45) is 1.72. The summed E-state index contributed by atoms with van der Waals surface area (Å²) in [5, 5.41) is 3.18. The fourth-order valence-electron chi connectivity index (χ4n) is 1.77. The molecule has 0 spiro atoms. The monoisotopic (exact) mass is 286 g/mol. The fourth-order valence-corrected chi connectivity index (χ4v) is 1.77. The maximum atomic E-state index is 12.3. The van der Waals surface area contributed by atoms with Gasteiger partial charge in [0.15, 0.2) is 11.5 Å². The van der Waals surface area contributed by atoms with Crippen LogP contribution in [0.3, 0.4) is 0 Å². The zero-order chi connectivity index (χ0) is 15.0. The van der Waals surface area contributed by atoms with Gasteiger partial charge >= 0.3 is 6.61 Å². The number of alkyl halides is 2. The maximum absolute atomic E-state index is 12.3. The molecule has 1 unspecified atom stereocenters.